The lowest BCUT2D eigenvalue weighted by Crippen LogP contribution is -2.34. The number of dihydropyridines is 1. The fourth-order valence-electron chi connectivity index (χ4n) is 4.48. The van der Waals surface area contributed by atoms with E-state index in [1.807, 2.05) is 31.2 Å². The normalized spacial score (nSPS) is 14.2. The van der Waals surface area contributed by atoms with Crippen LogP contribution in [0.3, 0.4) is 0 Å². The van der Waals surface area contributed by atoms with Crippen molar-refractivity contribution in [2.24, 2.45) is 5.92 Å². The van der Waals surface area contributed by atoms with E-state index in [1.54, 1.807) is 48.7 Å². The predicted octanol–water partition coefficient (Wildman–Crippen LogP) is 3.23. The fourth-order valence-corrected chi connectivity index (χ4v) is 5.32. The largest absolute Gasteiger partial charge is 0.494 e. The first-order valence-corrected chi connectivity index (χ1v) is 14.3. The van der Waals surface area contributed by atoms with Gasteiger partial charge in [0, 0.05) is 49.3 Å². The summed E-state index contributed by atoms with van der Waals surface area (Å²) >= 11 is 1.57. The Hall–Kier alpha value is -4.78. The van der Waals surface area contributed by atoms with Gasteiger partial charge in [-0.2, -0.15) is 0 Å². The molecule has 1 aromatic carbocycles. The highest BCUT2D eigenvalue weighted by Crippen LogP contribution is 2.37. The van der Waals surface area contributed by atoms with Crippen LogP contribution in [0.5, 0.6) is 5.75 Å². The molecule has 4 N–H and O–H groups in total. The Morgan fingerprint density at radius 2 is 1.98 bits per heavy atom. The smallest absolute Gasteiger partial charge is 0.273 e. The number of nitrogens with one attached hydrogen (secondary N) is 4. The van der Waals surface area contributed by atoms with Crippen molar-refractivity contribution in [3.63, 3.8) is 0 Å². The molecule has 3 aromatic rings. The maximum Gasteiger partial charge on any atom is 0.273 e. The van der Waals surface area contributed by atoms with Crippen molar-refractivity contribution in [3.8, 4) is 5.75 Å². The van der Waals surface area contributed by atoms with Crippen LogP contribution in [0, 0.1) is 12.8 Å². The Kier molecular flexibility index (Phi) is 8.48. The topological polar surface area (TPSA) is 150 Å². The fraction of sp³-hybridized carbons (Fsp3) is 0.310. The molecule has 0 radical (unpaired) electrons. The lowest BCUT2D eigenvalue weighted by Gasteiger charge is -2.23. The molecule has 12 nitrogen and oxygen atoms in total. The third-order valence-corrected chi connectivity index (χ3v) is 7.73. The van der Waals surface area contributed by atoms with Gasteiger partial charge >= 0.3 is 0 Å². The highest BCUT2D eigenvalue weighted by atomic mass is 32.1. The van der Waals surface area contributed by atoms with Gasteiger partial charge in [-0.3, -0.25) is 14.4 Å². The van der Waals surface area contributed by atoms with E-state index in [2.05, 4.69) is 36.4 Å². The quantitative estimate of drug-likeness (QED) is 0.280. The Bertz CT molecular complexity index is 1590. The van der Waals surface area contributed by atoms with Gasteiger partial charge in [0.25, 0.3) is 11.8 Å². The molecule has 0 saturated heterocycles. The number of methoxy groups -OCH3 is 1. The summed E-state index contributed by atoms with van der Waals surface area (Å²) in [6, 6.07) is 7.18. The molecule has 3 heterocycles. The molecule has 0 atom stereocenters. The van der Waals surface area contributed by atoms with E-state index < -0.39 is 5.91 Å². The Morgan fingerprint density at radius 3 is 2.62 bits per heavy atom. The van der Waals surface area contributed by atoms with E-state index in [4.69, 9.17) is 4.74 Å². The number of allylic oxidation sites excluding steroid dienone is 2. The molecule has 2 aromatic heterocycles. The van der Waals surface area contributed by atoms with Crippen LogP contribution in [0.15, 0.2) is 48.3 Å². The minimum absolute atomic E-state index is 0.0104. The van der Waals surface area contributed by atoms with Gasteiger partial charge in [-0.15, -0.1) is 21.5 Å². The summed E-state index contributed by atoms with van der Waals surface area (Å²) in [4.78, 5) is 44.8. The summed E-state index contributed by atoms with van der Waals surface area (Å²) < 4.78 is 5.81. The van der Waals surface area contributed by atoms with Crippen LogP contribution in [-0.2, 0) is 16.1 Å². The number of carbonyl (C=O) groups excluding carboxylic acids is 3. The van der Waals surface area contributed by atoms with Crippen LogP contribution < -0.4 is 26.0 Å². The summed E-state index contributed by atoms with van der Waals surface area (Å²) in [6.45, 7) is 2.83. The molecule has 13 heteroatoms. The molecule has 1 fully saturated rings. The number of hydrogen-bond donors (Lipinski definition) is 4. The van der Waals surface area contributed by atoms with E-state index in [-0.39, 0.29) is 29.2 Å². The van der Waals surface area contributed by atoms with Gasteiger partial charge in [-0.05, 0) is 37.5 Å². The van der Waals surface area contributed by atoms with Crippen molar-refractivity contribution in [3.05, 3.63) is 69.5 Å². The zero-order valence-corrected chi connectivity index (χ0v) is 24.6. The number of anilines is 3. The molecule has 1 aliphatic heterocycles. The summed E-state index contributed by atoms with van der Waals surface area (Å²) in [6.07, 6.45) is 7.15. The molecular formula is C29H32N8O4S. The van der Waals surface area contributed by atoms with Crippen LogP contribution >= 0.6 is 11.3 Å². The molecular weight excluding hydrogens is 556 g/mol. The molecule has 42 heavy (non-hydrogen) atoms. The minimum Gasteiger partial charge on any atom is -0.494 e. The van der Waals surface area contributed by atoms with Crippen molar-refractivity contribution in [2.45, 2.75) is 26.3 Å². The predicted molar refractivity (Wildman–Crippen MR) is 160 cm³/mol. The molecule has 3 amide bonds. The highest BCUT2D eigenvalue weighted by molar-refractivity contribution is 7.11. The van der Waals surface area contributed by atoms with Gasteiger partial charge in [0.1, 0.15) is 11.4 Å². The average molecular weight is 589 g/mol. The standard InChI is InChI=1S/C29H32N8O4S/c1-16-31-14-19(42-16)15-37(3)29(40)22-11-10-18(13-32-22)20-6-5-7-21(26(20)41-4)33-23-12-24(34-27(38)17-8-9-17)35-36-25(23)28(39)30-2/h5-7,10-12,14,17,32H,8-9,13,15H2,1-4H3,(H,30,39)(H2,33,34,35,38). The van der Waals surface area contributed by atoms with Gasteiger partial charge in [-0.1, -0.05) is 18.2 Å². The van der Waals surface area contributed by atoms with E-state index in [0.717, 1.165) is 33.9 Å². The number of likely N-dealkylation sites (N-methyl/N-ethyl adjacent to an activating group) is 1. The third kappa shape index (κ3) is 6.41. The van der Waals surface area contributed by atoms with Crippen LogP contribution in [0.2, 0.25) is 0 Å². The van der Waals surface area contributed by atoms with Crippen LogP contribution in [-0.4, -0.2) is 65.6 Å². The van der Waals surface area contributed by atoms with Crippen molar-refractivity contribution in [2.75, 3.05) is 38.4 Å². The second kappa shape index (κ2) is 12.4. The van der Waals surface area contributed by atoms with Crippen molar-refractivity contribution in [1.82, 2.24) is 30.7 Å². The Morgan fingerprint density at radius 1 is 1.17 bits per heavy atom. The van der Waals surface area contributed by atoms with Gasteiger partial charge in [0.15, 0.2) is 11.5 Å². The van der Waals surface area contributed by atoms with Crippen molar-refractivity contribution >= 4 is 51.8 Å². The molecule has 0 bridgehead atoms. The molecule has 1 aliphatic carbocycles. The first-order valence-electron chi connectivity index (χ1n) is 13.4. The molecule has 1 saturated carbocycles. The van der Waals surface area contributed by atoms with Gasteiger partial charge in [0.05, 0.1) is 30.0 Å². The number of nitrogens with zero attached hydrogens (tertiary/aromatic N) is 4. The maximum atomic E-state index is 13.0. The molecule has 0 unspecified atom stereocenters. The van der Waals surface area contributed by atoms with Crippen molar-refractivity contribution < 1.29 is 19.1 Å². The van der Waals surface area contributed by atoms with Crippen LogP contribution in [0.1, 0.15) is 38.8 Å². The lowest BCUT2D eigenvalue weighted by molar-refractivity contribution is -0.126. The molecule has 2 aliphatic rings. The summed E-state index contributed by atoms with van der Waals surface area (Å²) in [5, 5.41) is 20.9. The highest BCUT2D eigenvalue weighted by Gasteiger charge is 2.30. The van der Waals surface area contributed by atoms with Gasteiger partial charge in [0.2, 0.25) is 5.91 Å². The number of para-hydroxylation sites is 1. The number of hydrogen-bond acceptors (Lipinski definition) is 10. The second-order valence-corrected chi connectivity index (χ2v) is 11.3. The SMILES string of the molecule is CNC(=O)c1nnc(NC(=O)C2CC2)cc1Nc1cccc(C2=CC=C(C(=O)N(C)Cc3cnc(C)s3)NC2)c1OC. The summed E-state index contributed by atoms with van der Waals surface area (Å²) in [5.74, 6) is 0.106. The number of aryl methyl sites for hydroxylation is 1. The lowest BCUT2D eigenvalue weighted by atomic mass is 10.0. The number of ether oxygens (including phenoxy) is 1. The molecule has 218 valence electrons. The number of amides is 3. The Labute approximate surface area is 247 Å². The van der Waals surface area contributed by atoms with Crippen molar-refractivity contribution in [1.29, 1.82) is 0 Å². The summed E-state index contributed by atoms with van der Waals surface area (Å²) in [7, 11) is 4.83. The average Bonchev–Trinajstić information content (AvgIpc) is 3.78. The number of rotatable bonds is 10. The third-order valence-electron chi connectivity index (χ3n) is 6.83. The zero-order valence-electron chi connectivity index (χ0n) is 23.8. The first kappa shape index (κ1) is 28.7. The van der Waals surface area contributed by atoms with E-state index in [0.29, 0.717) is 35.9 Å². The van der Waals surface area contributed by atoms with Gasteiger partial charge in [-0.25, -0.2) is 4.98 Å². The molecule has 0 spiro atoms. The van der Waals surface area contributed by atoms with Crippen LogP contribution in [0.4, 0.5) is 17.2 Å². The van der Waals surface area contributed by atoms with Crippen LogP contribution in [0.25, 0.3) is 5.57 Å². The van der Waals surface area contributed by atoms with E-state index >= 15 is 0 Å². The molecule has 5 rings (SSSR count). The number of carbonyl (C=O) groups is 3. The first-order chi connectivity index (χ1) is 20.3. The number of aromatic nitrogens is 3. The van der Waals surface area contributed by atoms with E-state index in [1.165, 1.54) is 7.05 Å². The zero-order chi connectivity index (χ0) is 29.8. The maximum absolute atomic E-state index is 13.0. The van der Waals surface area contributed by atoms with Gasteiger partial charge < -0.3 is 30.9 Å². The number of thiazole rings is 1. The minimum atomic E-state index is -0.433. The van der Waals surface area contributed by atoms with E-state index in [9.17, 15) is 14.4 Å². The second-order valence-electron chi connectivity index (χ2n) is 9.98. The Balaban J connectivity index is 1.38. The summed E-state index contributed by atoms with van der Waals surface area (Å²) in [5.41, 5.74) is 3.21. The monoisotopic (exact) mass is 588 g/mol. The number of benzene rings is 1.